The molecule has 0 aliphatic carbocycles. The SMILES string of the molecule is O=[N+]([O-])c1cc(Br)cc(OCC2CSc3ccccc32)c1. The van der Waals surface area contributed by atoms with E-state index < -0.39 is 4.92 Å². The first kappa shape index (κ1) is 14.4. The lowest BCUT2D eigenvalue weighted by molar-refractivity contribution is -0.385. The summed E-state index contributed by atoms with van der Waals surface area (Å²) in [6.45, 7) is 0.525. The Kier molecular flexibility index (Phi) is 4.17. The number of hydrogen-bond donors (Lipinski definition) is 0. The minimum atomic E-state index is -0.418. The van der Waals surface area contributed by atoms with Crippen molar-refractivity contribution in [1.82, 2.24) is 0 Å². The Bertz CT molecular complexity index is 692. The third kappa shape index (κ3) is 3.22. The lowest BCUT2D eigenvalue weighted by Gasteiger charge is -2.12. The van der Waals surface area contributed by atoms with E-state index in [2.05, 4.69) is 28.1 Å². The fourth-order valence-electron chi connectivity index (χ4n) is 2.30. The van der Waals surface area contributed by atoms with Gasteiger partial charge in [-0.3, -0.25) is 10.1 Å². The molecule has 4 nitrogen and oxygen atoms in total. The summed E-state index contributed by atoms with van der Waals surface area (Å²) in [5.74, 6) is 1.82. The van der Waals surface area contributed by atoms with E-state index in [0.29, 0.717) is 22.7 Å². The molecule has 1 aliphatic rings. The predicted octanol–water partition coefficient (Wildman–Crippen LogP) is 4.63. The number of nitrogens with zero attached hydrogens (tertiary/aromatic N) is 1. The molecule has 2 aromatic carbocycles. The lowest BCUT2D eigenvalue weighted by atomic mass is 10.0. The minimum absolute atomic E-state index is 0.0283. The Hall–Kier alpha value is -1.53. The fraction of sp³-hybridized carbons (Fsp3) is 0.200. The maximum Gasteiger partial charge on any atom is 0.274 e. The number of fused-ring (bicyclic) bond motifs is 1. The second-order valence-corrected chi connectivity index (χ2v) is 6.74. The quantitative estimate of drug-likeness (QED) is 0.585. The second kappa shape index (κ2) is 6.07. The Morgan fingerprint density at radius 1 is 1.33 bits per heavy atom. The summed E-state index contributed by atoms with van der Waals surface area (Å²) in [7, 11) is 0. The minimum Gasteiger partial charge on any atom is -0.493 e. The predicted molar refractivity (Wildman–Crippen MR) is 86.2 cm³/mol. The molecule has 21 heavy (non-hydrogen) atoms. The van der Waals surface area contributed by atoms with Gasteiger partial charge in [-0.15, -0.1) is 11.8 Å². The number of thioether (sulfide) groups is 1. The van der Waals surface area contributed by atoms with Gasteiger partial charge in [-0.25, -0.2) is 0 Å². The Morgan fingerprint density at radius 2 is 2.14 bits per heavy atom. The summed E-state index contributed by atoms with van der Waals surface area (Å²) in [6, 6.07) is 13.0. The number of nitro groups is 1. The van der Waals surface area contributed by atoms with Crippen LogP contribution in [0, 0.1) is 10.1 Å². The number of halogens is 1. The van der Waals surface area contributed by atoms with Crippen molar-refractivity contribution in [1.29, 1.82) is 0 Å². The molecule has 6 heteroatoms. The number of nitro benzene ring substituents is 1. The molecule has 0 aromatic heterocycles. The largest absolute Gasteiger partial charge is 0.493 e. The molecule has 0 spiro atoms. The summed E-state index contributed by atoms with van der Waals surface area (Å²) in [5.41, 5.74) is 1.33. The standard InChI is InChI=1S/C15H12BrNO3S/c16-11-5-12(17(18)19)7-13(6-11)20-8-10-9-21-15-4-2-1-3-14(10)15/h1-7,10H,8-9H2. The molecule has 1 aliphatic heterocycles. The monoisotopic (exact) mass is 365 g/mol. The van der Waals surface area contributed by atoms with Crippen LogP contribution < -0.4 is 4.74 Å². The molecule has 0 N–H and O–H groups in total. The molecule has 0 bridgehead atoms. The number of benzene rings is 2. The summed E-state index contributed by atoms with van der Waals surface area (Å²) in [4.78, 5) is 11.7. The molecule has 108 valence electrons. The fourth-order valence-corrected chi connectivity index (χ4v) is 3.99. The van der Waals surface area contributed by atoms with Crippen molar-refractivity contribution < 1.29 is 9.66 Å². The van der Waals surface area contributed by atoms with E-state index in [9.17, 15) is 10.1 Å². The zero-order chi connectivity index (χ0) is 14.8. The second-order valence-electron chi connectivity index (χ2n) is 4.76. The van der Waals surface area contributed by atoms with Crippen LogP contribution in [0.15, 0.2) is 51.8 Å². The highest BCUT2D eigenvalue weighted by Gasteiger charge is 2.23. The van der Waals surface area contributed by atoms with Gasteiger partial charge in [0.1, 0.15) is 5.75 Å². The molecule has 0 amide bonds. The van der Waals surface area contributed by atoms with Gasteiger partial charge in [-0.2, -0.15) is 0 Å². The van der Waals surface area contributed by atoms with E-state index in [4.69, 9.17) is 4.74 Å². The number of hydrogen-bond acceptors (Lipinski definition) is 4. The van der Waals surface area contributed by atoms with Crippen molar-refractivity contribution in [3.05, 3.63) is 62.6 Å². The molecule has 0 radical (unpaired) electrons. The van der Waals surface area contributed by atoms with E-state index in [-0.39, 0.29) is 5.69 Å². The van der Waals surface area contributed by atoms with Crippen LogP contribution in [0.3, 0.4) is 0 Å². The number of non-ortho nitro benzene ring substituents is 1. The molecule has 2 aromatic rings. The van der Waals surface area contributed by atoms with Crippen LogP contribution in [0.25, 0.3) is 0 Å². The topological polar surface area (TPSA) is 52.4 Å². The van der Waals surface area contributed by atoms with Crippen LogP contribution in [0.4, 0.5) is 5.69 Å². The zero-order valence-electron chi connectivity index (χ0n) is 11.0. The van der Waals surface area contributed by atoms with Crippen molar-refractivity contribution in [3.63, 3.8) is 0 Å². The van der Waals surface area contributed by atoms with E-state index in [1.807, 2.05) is 23.9 Å². The summed E-state index contributed by atoms with van der Waals surface area (Å²) < 4.78 is 6.42. The third-order valence-corrected chi connectivity index (χ3v) is 5.03. The maximum absolute atomic E-state index is 10.9. The van der Waals surface area contributed by atoms with Crippen molar-refractivity contribution in [2.24, 2.45) is 0 Å². The van der Waals surface area contributed by atoms with Gasteiger partial charge < -0.3 is 4.74 Å². The number of rotatable bonds is 4. The van der Waals surface area contributed by atoms with Crippen molar-refractivity contribution in [2.45, 2.75) is 10.8 Å². The third-order valence-electron chi connectivity index (χ3n) is 3.32. The molecule has 1 unspecified atom stereocenters. The van der Waals surface area contributed by atoms with Gasteiger partial charge in [0.05, 0.1) is 17.6 Å². The molecule has 0 saturated heterocycles. The summed E-state index contributed by atoms with van der Waals surface area (Å²) in [6.07, 6.45) is 0. The molecule has 3 rings (SSSR count). The van der Waals surface area contributed by atoms with Crippen molar-refractivity contribution >= 4 is 33.4 Å². The Morgan fingerprint density at radius 3 is 2.95 bits per heavy atom. The van der Waals surface area contributed by atoms with Crippen molar-refractivity contribution in [2.75, 3.05) is 12.4 Å². The average molecular weight is 366 g/mol. The molecule has 1 heterocycles. The van der Waals surface area contributed by atoms with E-state index in [1.165, 1.54) is 22.6 Å². The summed E-state index contributed by atoms with van der Waals surface area (Å²) in [5, 5.41) is 10.9. The molecule has 0 fully saturated rings. The van der Waals surface area contributed by atoms with Crippen LogP contribution in [0.1, 0.15) is 11.5 Å². The van der Waals surface area contributed by atoms with Gasteiger partial charge in [0.15, 0.2) is 0 Å². The van der Waals surface area contributed by atoms with E-state index >= 15 is 0 Å². The van der Waals surface area contributed by atoms with Gasteiger partial charge >= 0.3 is 0 Å². The maximum atomic E-state index is 10.9. The highest BCUT2D eigenvalue weighted by atomic mass is 79.9. The first-order valence-corrected chi connectivity index (χ1v) is 8.21. The molecular formula is C15H12BrNO3S. The lowest BCUT2D eigenvalue weighted by Crippen LogP contribution is -2.09. The average Bonchev–Trinajstić information content (AvgIpc) is 2.88. The number of ether oxygens (including phenoxy) is 1. The van der Waals surface area contributed by atoms with Gasteiger partial charge in [0.2, 0.25) is 0 Å². The van der Waals surface area contributed by atoms with E-state index in [0.717, 1.165) is 5.75 Å². The van der Waals surface area contributed by atoms with Gasteiger partial charge in [-0.05, 0) is 17.7 Å². The molecular weight excluding hydrogens is 354 g/mol. The highest BCUT2D eigenvalue weighted by molar-refractivity contribution is 9.10. The highest BCUT2D eigenvalue weighted by Crippen LogP contribution is 2.39. The first-order chi connectivity index (χ1) is 10.1. The van der Waals surface area contributed by atoms with Crippen molar-refractivity contribution in [3.8, 4) is 5.75 Å². The smallest absolute Gasteiger partial charge is 0.274 e. The van der Waals surface area contributed by atoms with Crippen LogP contribution in [0.5, 0.6) is 5.75 Å². The van der Waals surface area contributed by atoms with E-state index in [1.54, 1.807) is 6.07 Å². The summed E-state index contributed by atoms with van der Waals surface area (Å²) >= 11 is 5.10. The normalized spacial score (nSPS) is 16.5. The molecule has 1 atom stereocenters. The zero-order valence-corrected chi connectivity index (χ0v) is 13.4. The van der Waals surface area contributed by atoms with Crippen LogP contribution in [-0.2, 0) is 0 Å². The Balaban J connectivity index is 1.73. The van der Waals surface area contributed by atoms with Crippen LogP contribution >= 0.6 is 27.7 Å². The van der Waals surface area contributed by atoms with Gasteiger partial charge in [0, 0.05) is 27.1 Å². The van der Waals surface area contributed by atoms with Crippen LogP contribution in [0.2, 0.25) is 0 Å². The van der Waals surface area contributed by atoms with Crippen LogP contribution in [-0.4, -0.2) is 17.3 Å². The molecule has 0 saturated carbocycles. The Labute approximate surface area is 134 Å². The first-order valence-electron chi connectivity index (χ1n) is 6.43. The van der Waals surface area contributed by atoms with Gasteiger partial charge in [0.25, 0.3) is 5.69 Å². The van der Waals surface area contributed by atoms with Gasteiger partial charge in [-0.1, -0.05) is 34.1 Å².